The minimum absolute atomic E-state index is 0.288. The quantitative estimate of drug-likeness (QED) is 0.463. The number of aromatic nitrogens is 3. The van der Waals surface area contributed by atoms with Gasteiger partial charge in [0.25, 0.3) is 0 Å². The van der Waals surface area contributed by atoms with E-state index in [2.05, 4.69) is 25.8 Å². The van der Waals surface area contributed by atoms with Gasteiger partial charge in [0.15, 0.2) is 11.6 Å². The predicted octanol–water partition coefficient (Wildman–Crippen LogP) is 4.10. The van der Waals surface area contributed by atoms with Gasteiger partial charge in [-0.05, 0) is 43.7 Å². The van der Waals surface area contributed by atoms with Crippen LogP contribution in [-0.2, 0) is 11.3 Å². The number of nitrogens with zero attached hydrogens (tertiary/aromatic N) is 5. The Labute approximate surface area is 207 Å². The summed E-state index contributed by atoms with van der Waals surface area (Å²) in [7, 11) is 0. The fraction of sp³-hybridized carbons (Fsp3) is 0.462. The predicted molar refractivity (Wildman–Crippen MR) is 138 cm³/mol. The van der Waals surface area contributed by atoms with Gasteiger partial charge < -0.3 is 14.6 Å². The monoisotopic (exact) mass is 492 g/mol. The highest BCUT2D eigenvalue weighted by Crippen LogP contribution is 2.37. The van der Waals surface area contributed by atoms with Crippen LogP contribution in [0.3, 0.4) is 0 Å². The highest BCUT2D eigenvalue weighted by molar-refractivity contribution is 7.19. The van der Waals surface area contributed by atoms with E-state index in [9.17, 15) is 4.39 Å². The summed E-state index contributed by atoms with van der Waals surface area (Å²) in [6, 6.07) is 7.98. The maximum Gasteiger partial charge on any atom is 0.163 e. The van der Waals surface area contributed by atoms with Gasteiger partial charge in [-0.15, -0.1) is 11.3 Å². The Hall–Kier alpha value is -2.59. The van der Waals surface area contributed by atoms with Gasteiger partial charge in [-0.25, -0.2) is 14.4 Å². The number of ether oxygens (including phenoxy) is 1. The van der Waals surface area contributed by atoms with E-state index in [-0.39, 0.29) is 5.82 Å². The second-order valence-corrected chi connectivity index (χ2v) is 11.0. The Kier molecular flexibility index (Phi) is 5.46. The maximum atomic E-state index is 14.5. The fourth-order valence-electron chi connectivity index (χ4n) is 5.89. The van der Waals surface area contributed by atoms with Crippen molar-refractivity contribution in [2.75, 3.05) is 57.4 Å². The molecule has 6 heterocycles. The third kappa shape index (κ3) is 4.00. The van der Waals surface area contributed by atoms with Crippen LogP contribution in [-0.4, -0.2) is 83.3 Å². The van der Waals surface area contributed by atoms with Crippen LogP contribution < -0.4 is 4.90 Å². The molecule has 3 aliphatic heterocycles. The second kappa shape index (κ2) is 8.81. The highest BCUT2D eigenvalue weighted by atomic mass is 32.1. The van der Waals surface area contributed by atoms with E-state index in [1.807, 2.05) is 12.3 Å². The van der Waals surface area contributed by atoms with Gasteiger partial charge in [0.2, 0.25) is 0 Å². The lowest BCUT2D eigenvalue weighted by atomic mass is 10.1. The van der Waals surface area contributed by atoms with E-state index in [1.54, 1.807) is 17.4 Å². The Morgan fingerprint density at radius 1 is 1.09 bits per heavy atom. The van der Waals surface area contributed by atoms with Gasteiger partial charge in [-0.2, -0.15) is 0 Å². The molecule has 1 atom stereocenters. The molecule has 0 spiro atoms. The number of piperazine rings is 1. The number of halogens is 1. The molecule has 0 bridgehead atoms. The summed E-state index contributed by atoms with van der Waals surface area (Å²) in [4.78, 5) is 22.0. The molecule has 3 aromatic heterocycles. The number of hydrogen-bond acceptors (Lipinski definition) is 7. The molecule has 182 valence electrons. The molecule has 0 amide bonds. The molecule has 0 unspecified atom stereocenters. The SMILES string of the molecule is Fc1cc(-c2nc(N3CCOCC3)c3sc(CN4CCN5CCC[C@@H]5C4)cc3n2)c2cc[nH]c2c1. The number of aromatic amines is 1. The van der Waals surface area contributed by atoms with Crippen LogP contribution in [0.25, 0.3) is 32.5 Å². The van der Waals surface area contributed by atoms with E-state index in [4.69, 9.17) is 14.7 Å². The van der Waals surface area contributed by atoms with Crippen molar-refractivity contribution in [1.29, 1.82) is 0 Å². The number of H-pyrrole nitrogens is 1. The Morgan fingerprint density at radius 2 is 2.00 bits per heavy atom. The molecule has 1 aromatic carbocycles. The molecule has 0 saturated carbocycles. The zero-order valence-corrected chi connectivity index (χ0v) is 20.5. The van der Waals surface area contributed by atoms with Crippen LogP contribution in [0.15, 0.2) is 30.5 Å². The fourth-order valence-corrected chi connectivity index (χ4v) is 7.04. The van der Waals surface area contributed by atoms with Gasteiger partial charge in [-0.3, -0.25) is 9.80 Å². The normalized spacial score (nSPS) is 21.9. The van der Waals surface area contributed by atoms with Gasteiger partial charge in [0.1, 0.15) is 5.82 Å². The lowest BCUT2D eigenvalue weighted by molar-refractivity contribution is 0.100. The number of thiophene rings is 1. The zero-order valence-electron chi connectivity index (χ0n) is 19.7. The van der Waals surface area contributed by atoms with Crippen molar-refractivity contribution in [1.82, 2.24) is 24.8 Å². The average molecular weight is 493 g/mol. The van der Waals surface area contributed by atoms with Crippen molar-refractivity contribution in [3.63, 3.8) is 0 Å². The van der Waals surface area contributed by atoms with Gasteiger partial charge in [-0.1, -0.05) is 0 Å². The van der Waals surface area contributed by atoms with Crippen molar-refractivity contribution in [3.8, 4) is 11.4 Å². The third-order valence-corrected chi connectivity index (χ3v) is 8.75. The molecule has 0 radical (unpaired) electrons. The molecule has 4 aromatic rings. The first-order valence-electron chi connectivity index (χ1n) is 12.6. The Morgan fingerprint density at radius 3 is 2.91 bits per heavy atom. The summed E-state index contributed by atoms with van der Waals surface area (Å²) in [6.07, 6.45) is 4.49. The first-order valence-corrected chi connectivity index (χ1v) is 13.4. The molecular weight excluding hydrogens is 463 g/mol. The summed E-state index contributed by atoms with van der Waals surface area (Å²) in [5.41, 5.74) is 2.43. The molecule has 7 nitrogen and oxygen atoms in total. The first-order chi connectivity index (χ1) is 17.2. The number of morpholine rings is 1. The van der Waals surface area contributed by atoms with Crippen LogP contribution in [0.2, 0.25) is 0 Å². The van der Waals surface area contributed by atoms with E-state index in [1.165, 1.54) is 36.9 Å². The number of anilines is 1. The number of hydrogen-bond donors (Lipinski definition) is 1. The number of rotatable bonds is 4. The molecule has 9 heteroatoms. The lowest BCUT2D eigenvalue weighted by Crippen LogP contribution is -2.49. The standard InChI is InChI=1S/C26H29FN6OS/c27-17-12-21(20-3-4-28-22(20)13-17)25-29-23-14-19(16-31-6-7-32-5-1-2-18(32)15-31)35-24(23)26(30-25)33-8-10-34-11-9-33/h3-4,12-14,18,28H,1-2,5-11,15-16H2/t18-/m1/s1. The number of fused-ring (bicyclic) bond motifs is 3. The molecule has 35 heavy (non-hydrogen) atoms. The Bertz CT molecular complexity index is 1380. The van der Waals surface area contributed by atoms with Crippen LogP contribution in [0.5, 0.6) is 0 Å². The van der Waals surface area contributed by atoms with Crippen LogP contribution in [0, 0.1) is 5.82 Å². The molecule has 0 aliphatic carbocycles. The van der Waals surface area contributed by atoms with E-state index in [0.717, 1.165) is 65.2 Å². The third-order valence-electron chi connectivity index (χ3n) is 7.64. The van der Waals surface area contributed by atoms with Crippen LogP contribution >= 0.6 is 11.3 Å². The average Bonchev–Trinajstić information content (AvgIpc) is 3.62. The van der Waals surface area contributed by atoms with Crippen molar-refractivity contribution >= 4 is 38.3 Å². The number of benzene rings is 1. The van der Waals surface area contributed by atoms with Gasteiger partial charge >= 0.3 is 0 Å². The topological polar surface area (TPSA) is 60.5 Å². The molecule has 1 N–H and O–H groups in total. The van der Waals surface area contributed by atoms with Gasteiger partial charge in [0.05, 0.1) is 23.4 Å². The van der Waals surface area contributed by atoms with Crippen LogP contribution in [0.4, 0.5) is 10.2 Å². The summed E-state index contributed by atoms with van der Waals surface area (Å²) in [6.45, 7) is 8.62. The van der Waals surface area contributed by atoms with Crippen molar-refractivity contribution in [3.05, 3.63) is 41.2 Å². The summed E-state index contributed by atoms with van der Waals surface area (Å²) >= 11 is 1.81. The minimum atomic E-state index is -0.288. The largest absolute Gasteiger partial charge is 0.378 e. The molecule has 3 fully saturated rings. The smallest absolute Gasteiger partial charge is 0.163 e. The maximum absolute atomic E-state index is 14.5. The molecule has 3 saturated heterocycles. The van der Waals surface area contributed by atoms with E-state index < -0.39 is 0 Å². The van der Waals surface area contributed by atoms with Crippen molar-refractivity contribution < 1.29 is 9.13 Å². The second-order valence-electron chi connectivity index (χ2n) is 9.86. The lowest BCUT2D eigenvalue weighted by Gasteiger charge is -2.37. The zero-order chi connectivity index (χ0) is 23.4. The highest BCUT2D eigenvalue weighted by Gasteiger charge is 2.31. The van der Waals surface area contributed by atoms with Gasteiger partial charge in [0, 0.05) is 72.9 Å². The minimum Gasteiger partial charge on any atom is -0.378 e. The Balaban J connectivity index is 1.29. The van der Waals surface area contributed by atoms with E-state index >= 15 is 0 Å². The summed E-state index contributed by atoms with van der Waals surface area (Å²) in [5, 5.41) is 0.934. The van der Waals surface area contributed by atoms with Crippen molar-refractivity contribution in [2.45, 2.75) is 25.4 Å². The van der Waals surface area contributed by atoms with E-state index in [0.29, 0.717) is 25.1 Å². The summed E-state index contributed by atoms with van der Waals surface area (Å²) < 4.78 is 21.2. The molecule has 7 rings (SSSR count). The number of nitrogens with one attached hydrogen (secondary N) is 1. The molecular formula is C26H29FN6OS. The molecule has 3 aliphatic rings. The first kappa shape index (κ1) is 21.7. The van der Waals surface area contributed by atoms with Crippen LogP contribution in [0.1, 0.15) is 17.7 Å². The summed E-state index contributed by atoms with van der Waals surface area (Å²) in [5.74, 6) is 1.23. The van der Waals surface area contributed by atoms with Crippen molar-refractivity contribution in [2.24, 2.45) is 0 Å².